The van der Waals surface area contributed by atoms with Crippen LogP contribution in [0.1, 0.15) is 25.7 Å². The summed E-state index contributed by atoms with van der Waals surface area (Å²) in [5.41, 5.74) is 0.897. The van der Waals surface area contributed by atoms with Crippen molar-refractivity contribution in [3.05, 3.63) is 30.3 Å². The molecule has 1 aromatic carbocycles. The maximum Gasteiger partial charge on any atom is 0.229 e. The Bertz CT molecular complexity index is 457. The van der Waals surface area contributed by atoms with Gasteiger partial charge in [-0.25, -0.2) is 0 Å². The van der Waals surface area contributed by atoms with E-state index in [0.29, 0.717) is 6.04 Å². The lowest BCUT2D eigenvalue weighted by atomic mass is 9.82. The molecule has 0 bridgehead atoms. The molecule has 1 heterocycles. The van der Waals surface area contributed by atoms with Crippen LogP contribution in [0.15, 0.2) is 30.3 Å². The number of rotatable bonds is 3. The molecule has 1 saturated carbocycles. The second-order valence-electron chi connectivity index (χ2n) is 5.96. The summed E-state index contributed by atoms with van der Waals surface area (Å²) in [6.45, 7) is 3.51. The smallest absolute Gasteiger partial charge is 0.229 e. The van der Waals surface area contributed by atoms with Crippen molar-refractivity contribution in [1.82, 2.24) is 4.90 Å². The lowest BCUT2D eigenvalue weighted by Crippen LogP contribution is -2.51. The third kappa shape index (κ3) is 3.63. The molecule has 114 valence electrons. The summed E-state index contributed by atoms with van der Waals surface area (Å²) in [5.74, 6) is 0.287. The van der Waals surface area contributed by atoms with Gasteiger partial charge in [0.1, 0.15) is 0 Å². The SMILES string of the molecule is O=C(Nc1ccccc1)C1CCCCC1N1CCOCC1. The van der Waals surface area contributed by atoms with Gasteiger partial charge < -0.3 is 10.1 Å². The van der Waals surface area contributed by atoms with Gasteiger partial charge >= 0.3 is 0 Å². The lowest BCUT2D eigenvalue weighted by molar-refractivity contribution is -0.124. The number of ether oxygens (including phenoxy) is 1. The zero-order valence-corrected chi connectivity index (χ0v) is 12.5. The van der Waals surface area contributed by atoms with Gasteiger partial charge in [-0.2, -0.15) is 0 Å². The van der Waals surface area contributed by atoms with Crippen LogP contribution < -0.4 is 5.32 Å². The van der Waals surface area contributed by atoms with Crippen LogP contribution in [0, 0.1) is 5.92 Å². The molecule has 2 atom stereocenters. The number of carbonyl (C=O) groups is 1. The zero-order valence-electron chi connectivity index (χ0n) is 12.5. The van der Waals surface area contributed by atoms with E-state index in [2.05, 4.69) is 10.2 Å². The third-order valence-electron chi connectivity index (χ3n) is 4.62. The Morgan fingerprint density at radius 3 is 2.57 bits per heavy atom. The van der Waals surface area contributed by atoms with Crippen molar-refractivity contribution in [2.75, 3.05) is 31.6 Å². The van der Waals surface area contributed by atoms with Crippen LogP contribution in [0.4, 0.5) is 5.69 Å². The quantitative estimate of drug-likeness (QED) is 0.929. The highest BCUT2D eigenvalue weighted by atomic mass is 16.5. The van der Waals surface area contributed by atoms with Gasteiger partial charge in [0, 0.05) is 24.8 Å². The first-order valence-corrected chi connectivity index (χ1v) is 8.02. The van der Waals surface area contributed by atoms with E-state index in [1.54, 1.807) is 0 Å². The van der Waals surface area contributed by atoms with Crippen molar-refractivity contribution < 1.29 is 9.53 Å². The fourth-order valence-corrected chi connectivity index (χ4v) is 3.52. The van der Waals surface area contributed by atoms with E-state index >= 15 is 0 Å². The number of anilines is 1. The van der Waals surface area contributed by atoms with Crippen LogP contribution in [0.2, 0.25) is 0 Å². The van der Waals surface area contributed by atoms with Gasteiger partial charge in [0.2, 0.25) is 5.91 Å². The predicted molar refractivity (Wildman–Crippen MR) is 83.2 cm³/mol. The first-order chi connectivity index (χ1) is 10.3. The molecule has 2 fully saturated rings. The fraction of sp³-hybridized carbons (Fsp3) is 0.588. The van der Waals surface area contributed by atoms with E-state index in [1.165, 1.54) is 6.42 Å². The van der Waals surface area contributed by atoms with Crippen LogP contribution in [-0.4, -0.2) is 43.2 Å². The van der Waals surface area contributed by atoms with E-state index in [9.17, 15) is 4.79 Å². The molecule has 0 spiro atoms. The number of hydrogen-bond donors (Lipinski definition) is 1. The van der Waals surface area contributed by atoms with Crippen LogP contribution in [-0.2, 0) is 9.53 Å². The summed E-state index contributed by atoms with van der Waals surface area (Å²) in [7, 11) is 0. The summed E-state index contributed by atoms with van der Waals surface area (Å²) in [4.78, 5) is 15.1. The second-order valence-corrected chi connectivity index (χ2v) is 5.96. The highest BCUT2D eigenvalue weighted by Gasteiger charge is 2.35. The Morgan fingerprint density at radius 2 is 1.81 bits per heavy atom. The van der Waals surface area contributed by atoms with Crippen molar-refractivity contribution in [2.45, 2.75) is 31.7 Å². The lowest BCUT2D eigenvalue weighted by Gasteiger charge is -2.40. The van der Waals surface area contributed by atoms with E-state index < -0.39 is 0 Å². The van der Waals surface area contributed by atoms with Crippen molar-refractivity contribution in [3.8, 4) is 0 Å². The fourth-order valence-electron chi connectivity index (χ4n) is 3.52. The molecule has 0 radical (unpaired) electrons. The normalized spacial score (nSPS) is 27.2. The Morgan fingerprint density at radius 1 is 1.10 bits per heavy atom. The zero-order chi connectivity index (χ0) is 14.5. The van der Waals surface area contributed by atoms with Gasteiger partial charge in [0.25, 0.3) is 0 Å². The van der Waals surface area contributed by atoms with Gasteiger partial charge in [0.15, 0.2) is 0 Å². The van der Waals surface area contributed by atoms with Crippen molar-refractivity contribution in [2.24, 2.45) is 5.92 Å². The van der Waals surface area contributed by atoms with E-state index in [0.717, 1.165) is 51.3 Å². The summed E-state index contributed by atoms with van der Waals surface area (Å²) >= 11 is 0. The number of hydrogen-bond acceptors (Lipinski definition) is 3. The molecule has 1 amide bonds. The number of para-hydroxylation sites is 1. The average Bonchev–Trinajstić information content (AvgIpc) is 2.56. The molecule has 1 aliphatic heterocycles. The Balaban J connectivity index is 1.66. The number of amides is 1. The minimum absolute atomic E-state index is 0.108. The van der Waals surface area contributed by atoms with E-state index in [4.69, 9.17) is 4.74 Å². The second kappa shape index (κ2) is 7.05. The molecule has 0 aromatic heterocycles. The molecule has 1 aromatic rings. The van der Waals surface area contributed by atoms with Crippen molar-refractivity contribution in [3.63, 3.8) is 0 Å². The standard InChI is InChI=1S/C17H24N2O2/c20-17(18-14-6-2-1-3-7-14)15-8-4-5-9-16(15)19-10-12-21-13-11-19/h1-3,6-7,15-16H,4-5,8-13H2,(H,18,20). The summed E-state index contributed by atoms with van der Waals surface area (Å²) in [5, 5.41) is 3.08. The van der Waals surface area contributed by atoms with Gasteiger partial charge in [-0.15, -0.1) is 0 Å². The van der Waals surface area contributed by atoms with Gasteiger partial charge in [-0.05, 0) is 25.0 Å². The molecule has 1 aliphatic carbocycles. The topological polar surface area (TPSA) is 41.6 Å². The van der Waals surface area contributed by atoms with E-state index in [-0.39, 0.29) is 11.8 Å². The van der Waals surface area contributed by atoms with Gasteiger partial charge in [-0.3, -0.25) is 9.69 Å². The largest absolute Gasteiger partial charge is 0.379 e. The Labute approximate surface area is 126 Å². The van der Waals surface area contributed by atoms with Crippen molar-refractivity contribution >= 4 is 11.6 Å². The molecule has 3 rings (SSSR count). The molecule has 21 heavy (non-hydrogen) atoms. The summed E-state index contributed by atoms with van der Waals surface area (Å²) < 4.78 is 5.44. The highest BCUT2D eigenvalue weighted by Crippen LogP contribution is 2.30. The summed E-state index contributed by atoms with van der Waals surface area (Å²) in [6, 6.07) is 10.2. The molecule has 4 heteroatoms. The summed E-state index contributed by atoms with van der Waals surface area (Å²) in [6.07, 6.45) is 4.53. The van der Waals surface area contributed by atoms with Crippen LogP contribution in [0.5, 0.6) is 0 Å². The molecule has 2 unspecified atom stereocenters. The molecule has 1 N–H and O–H groups in total. The Hall–Kier alpha value is -1.39. The molecule has 1 saturated heterocycles. The van der Waals surface area contributed by atoms with Crippen molar-refractivity contribution in [1.29, 1.82) is 0 Å². The average molecular weight is 288 g/mol. The highest BCUT2D eigenvalue weighted by molar-refractivity contribution is 5.93. The number of nitrogens with one attached hydrogen (secondary N) is 1. The molecule has 2 aliphatic rings. The monoisotopic (exact) mass is 288 g/mol. The maximum atomic E-state index is 12.7. The number of carbonyl (C=O) groups excluding carboxylic acids is 1. The number of benzene rings is 1. The van der Waals surface area contributed by atoms with Crippen LogP contribution in [0.25, 0.3) is 0 Å². The minimum atomic E-state index is 0.108. The Kier molecular flexibility index (Phi) is 4.88. The minimum Gasteiger partial charge on any atom is -0.379 e. The van der Waals surface area contributed by atoms with Gasteiger partial charge in [0.05, 0.1) is 19.1 Å². The number of morpholine rings is 1. The molecule has 4 nitrogen and oxygen atoms in total. The van der Waals surface area contributed by atoms with Gasteiger partial charge in [-0.1, -0.05) is 31.0 Å². The first kappa shape index (κ1) is 14.5. The predicted octanol–water partition coefficient (Wildman–Crippen LogP) is 2.52. The number of nitrogens with zero attached hydrogens (tertiary/aromatic N) is 1. The maximum absolute atomic E-state index is 12.7. The van der Waals surface area contributed by atoms with Crippen LogP contribution >= 0.6 is 0 Å². The first-order valence-electron chi connectivity index (χ1n) is 8.02. The van der Waals surface area contributed by atoms with E-state index in [1.807, 2.05) is 30.3 Å². The molecular weight excluding hydrogens is 264 g/mol. The third-order valence-corrected chi connectivity index (χ3v) is 4.62. The molecular formula is C17H24N2O2. The van der Waals surface area contributed by atoms with Crippen LogP contribution in [0.3, 0.4) is 0 Å².